The summed E-state index contributed by atoms with van der Waals surface area (Å²) >= 11 is 0. The number of benzene rings is 1. The van der Waals surface area contributed by atoms with E-state index in [1.165, 1.54) is 16.8 Å². The summed E-state index contributed by atoms with van der Waals surface area (Å²) in [4.78, 5) is 48.0. The van der Waals surface area contributed by atoms with E-state index in [0.717, 1.165) is 109 Å². The molecule has 63 heavy (non-hydrogen) atoms. The third-order valence-electron chi connectivity index (χ3n) is 14.0. The monoisotopic (exact) mass is 856 g/mol. The van der Waals surface area contributed by atoms with Crippen LogP contribution in [0, 0.1) is 17.8 Å². The Balaban J connectivity index is 1.00. The lowest BCUT2D eigenvalue weighted by atomic mass is 9.91. The van der Waals surface area contributed by atoms with Crippen LogP contribution in [0.3, 0.4) is 0 Å². The number of carbonyl (C=O) groups is 2. The number of imidazole rings is 2. The summed E-state index contributed by atoms with van der Waals surface area (Å²) in [5.74, 6) is 3.34. The molecule has 5 N–H and O–H groups in total. The van der Waals surface area contributed by atoms with Crippen molar-refractivity contribution in [3.05, 3.63) is 95.3 Å². The van der Waals surface area contributed by atoms with Crippen molar-refractivity contribution in [1.29, 1.82) is 0 Å². The Morgan fingerprint density at radius 1 is 0.937 bits per heavy atom. The molecule has 0 spiro atoms. The molecule has 3 aliphatic heterocycles. The Morgan fingerprint density at radius 2 is 1.65 bits per heavy atom. The van der Waals surface area contributed by atoms with E-state index in [2.05, 4.69) is 89.2 Å². The Hall–Kier alpha value is -5.24. The van der Waals surface area contributed by atoms with Crippen molar-refractivity contribution in [3.8, 4) is 11.3 Å². The fourth-order valence-electron chi connectivity index (χ4n) is 10.5. The normalized spacial score (nSPS) is 23.3. The topological polar surface area (TPSA) is 159 Å². The molecule has 6 atom stereocenters. The van der Waals surface area contributed by atoms with Gasteiger partial charge in [-0.2, -0.15) is 0 Å². The molecule has 9 rings (SSSR count). The van der Waals surface area contributed by atoms with Gasteiger partial charge in [-0.05, 0) is 106 Å². The molecule has 2 amide bonds. The maximum atomic E-state index is 13.8. The second-order valence-corrected chi connectivity index (χ2v) is 19.0. The van der Waals surface area contributed by atoms with Crippen molar-refractivity contribution in [3.63, 3.8) is 0 Å². The van der Waals surface area contributed by atoms with Gasteiger partial charge >= 0.3 is 0 Å². The molecule has 2 saturated heterocycles. The highest BCUT2D eigenvalue weighted by Gasteiger charge is 2.38. The molecular weight excluding hydrogens is 791 g/mol. The van der Waals surface area contributed by atoms with Crippen LogP contribution in [0.25, 0.3) is 33.3 Å². The number of allylic oxidation sites excluding steroid dienone is 7. The minimum atomic E-state index is -0.517. The van der Waals surface area contributed by atoms with Crippen molar-refractivity contribution in [2.45, 2.75) is 123 Å². The molecule has 6 heterocycles. The molecule has 5 aliphatic rings. The molecule has 0 saturated carbocycles. The molecular formula is C50H65N9O4. The van der Waals surface area contributed by atoms with Gasteiger partial charge in [-0.1, -0.05) is 57.6 Å². The lowest BCUT2D eigenvalue weighted by molar-refractivity contribution is -0.136. The Labute approximate surface area is 371 Å². The average molecular weight is 856 g/mol. The van der Waals surface area contributed by atoms with Crippen LogP contribution in [0.5, 0.6) is 0 Å². The molecule has 2 aliphatic carbocycles. The first kappa shape index (κ1) is 43.0. The van der Waals surface area contributed by atoms with E-state index in [0.29, 0.717) is 25.7 Å². The summed E-state index contributed by atoms with van der Waals surface area (Å²) in [7, 11) is 1.64. The highest BCUT2D eigenvalue weighted by Crippen LogP contribution is 2.46. The Bertz CT molecular complexity index is 2470. The molecule has 6 unspecified atom stereocenters. The number of nitrogens with one attached hydrogen (secondary N) is 3. The number of hydrogen-bond donors (Lipinski definition) is 4. The smallest absolute Gasteiger partial charge is 0.240 e. The van der Waals surface area contributed by atoms with Gasteiger partial charge in [0.1, 0.15) is 17.4 Å². The van der Waals surface area contributed by atoms with Crippen LogP contribution in [-0.4, -0.2) is 85.1 Å². The number of aromatic nitrogens is 5. The van der Waals surface area contributed by atoms with E-state index in [-0.39, 0.29) is 48.0 Å². The Kier molecular flexibility index (Phi) is 12.4. The molecule has 2 fully saturated rings. The van der Waals surface area contributed by atoms with Gasteiger partial charge in [-0.25, -0.2) is 9.97 Å². The summed E-state index contributed by atoms with van der Waals surface area (Å²) in [5, 5.41) is 4.43. The van der Waals surface area contributed by atoms with Crippen molar-refractivity contribution in [2.75, 3.05) is 26.9 Å². The summed E-state index contributed by atoms with van der Waals surface area (Å²) in [6.45, 7) is 12.0. The zero-order valence-electron chi connectivity index (χ0n) is 37.8. The minimum Gasteiger partial charge on any atom is -0.470 e. The van der Waals surface area contributed by atoms with Gasteiger partial charge in [0.25, 0.3) is 0 Å². The highest BCUT2D eigenvalue weighted by atomic mass is 16.5. The number of amides is 2. The first-order chi connectivity index (χ1) is 30.5. The number of nitrogens with zero attached hydrogens (tertiary/aromatic N) is 5. The predicted octanol–water partition coefficient (Wildman–Crippen LogP) is 8.70. The van der Waals surface area contributed by atoms with Crippen molar-refractivity contribution in [1.82, 2.24) is 39.6 Å². The van der Waals surface area contributed by atoms with E-state index in [9.17, 15) is 9.59 Å². The van der Waals surface area contributed by atoms with Gasteiger partial charge in [0.05, 0.1) is 65.9 Å². The maximum Gasteiger partial charge on any atom is 0.240 e. The number of nitrogens with two attached hydrogens (primary N) is 1. The molecule has 334 valence electrons. The highest BCUT2D eigenvalue weighted by molar-refractivity contribution is 5.91. The average Bonchev–Trinajstić information content (AvgIpc) is 4.13. The van der Waals surface area contributed by atoms with Gasteiger partial charge in [0.15, 0.2) is 6.23 Å². The van der Waals surface area contributed by atoms with Crippen LogP contribution in [0.15, 0.2) is 72.3 Å². The van der Waals surface area contributed by atoms with E-state index in [1.807, 2.05) is 36.0 Å². The number of carbonyl (C=O) groups excluding carboxylic acids is 2. The summed E-state index contributed by atoms with van der Waals surface area (Å²) in [6.07, 6.45) is 21.0. The second-order valence-electron chi connectivity index (χ2n) is 19.0. The lowest BCUT2D eigenvalue weighted by Gasteiger charge is -2.34. The molecule has 1 aromatic carbocycles. The first-order valence-corrected chi connectivity index (χ1v) is 23.3. The molecule has 0 radical (unpaired) electrons. The quantitative estimate of drug-likeness (QED) is 0.0918. The van der Waals surface area contributed by atoms with Gasteiger partial charge in [0.2, 0.25) is 11.8 Å². The molecule has 13 nitrogen and oxygen atoms in total. The maximum absolute atomic E-state index is 13.8. The molecule has 0 bridgehead atoms. The molecule has 3 aromatic heterocycles. The fraction of sp³-hybridized carbons (Fsp3) is 0.520. The summed E-state index contributed by atoms with van der Waals surface area (Å²) in [5.41, 5.74) is 15.3. The van der Waals surface area contributed by atoms with E-state index < -0.39 is 6.04 Å². The van der Waals surface area contributed by atoms with Crippen LogP contribution >= 0.6 is 0 Å². The lowest BCUT2D eigenvalue weighted by Crippen LogP contribution is -2.49. The number of fused-ring (bicyclic) bond motifs is 4. The van der Waals surface area contributed by atoms with Gasteiger partial charge < -0.3 is 39.5 Å². The van der Waals surface area contributed by atoms with Crippen LogP contribution in [-0.2, 0) is 19.1 Å². The number of rotatable bonds is 14. The van der Waals surface area contributed by atoms with E-state index in [4.69, 9.17) is 25.2 Å². The molecule has 13 heteroatoms. The van der Waals surface area contributed by atoms with Crippen molar-refractivity contribution >= 4 is 33.9 Å². The third-order valence-corrected chi connectivity index (χ3v) is 14.0. The van der Waals surface area contributed by atoms with Gasteiger partial charge in [-0.3, -0.25) is 14.9 Å². The van der Waals surface area contributed by atoms with E-state index in [1.54, 1.807) is 7.11 Å². The van der Waals surface area contributed by atoms with Crippen LogP contribution < -0.4 is 11.1 Å². The summed E-state index contributed by atoms with van der Waals surface area (Å²) in [6, 6.07) is 7.97. The van der Waals surface area contributed by atoms with Crippen LogP contribution in [0.4, 0.5) is 0 Å². The number of H-pyrrole nitrogens is 2. The number of ether oxygens (including phenoxy) is 2. The standard InChI is InChI=1S/C50H65N9O4/c1-29(2)45(51)49(60)57-20-8-12-40(57)47-53-27-38(56-47)34-15-17-36-42-24-35-23-33(16-18-39(35)59(42)44(63-43(36)25-34)19-14-32-11-7-10-31(5)22-32)37-26-52-48(55-37)41-13-9-21-58(41)50(61)46(30(3)4)54-28-62-6/h7,10,16,18,22-27,29-30,32,40-41,44-46,54H,8-9,11-15,17,19-21,28,51H2,1-6H3,(H,52,55)(H,53,56). The zero-order chi connectivity index (χ0) is 43.9. The summed E-state index contributed by atoms with van der Waals surface area (Å²) < 4.78 is 14.8. The molecule has 4 aromatic rings. The number of hydrogen-bond acceptors (Lipinski definition) is 8. The largest absolute Gasteiger partial charge is 0.470 e. The number of methoxy groups -OCH3 is 1. The van der Waals surface area contributed by atoms with Crippen LogP contribution in [0.1, 0.15) is 134 Å². The van der Waals surface area contributed by atoms with Crippen molar-refractivity contribution in [2.24, 2.45) is 23.5 Å². The van der Waals surface area contributed by atoms with Crippen molar-refractivity contribution < 1.29 is 19.1 Å². The first-order valence-electron chi connectivity index (χ1n) is 23.3. The minimum absolute atomic E-state index is 0.00130. The number of aromatic amines is 2. The van der Waals surface area contributed by atoms with E-state index >= 15 is 0 Å². The Morgan fingerprint density at radius 3 is 2.35 bits per heavy atom. The third kappa shape index (κ3) is 8.47. The zero-order valence-corrected chi connectivity index (χ0v) is 37.8. The predicted molar refractivity (Wildman–Crippen MR) is 246 cm³/mol. The SMILES string of the molecule is COCNC(C(=O)N1CCCC1c1ncc(-c2ccc3c(c2)cc2n3C(CCC3C=C(C)C=CC3)OC3=C2CCC(c2cnc(C4CCCN4C(=O)C(N)C(C)C)[nH]2)=C3)[nH]1)C(C)C. The fourth-order valence-corrected chi connectivity index (χ4v) is 10.5. The van der Waals surface area contributed by atoms with Crippen LogP contribution in [0.2, 0.25) is 0 Å². The number of likely N-dealkylation sites (tertiary alicyclic amines) is 2. The van der Waals surface area contributed by atoms with Gasteiger partial charge in [0, 0.05) is 43.1 Å². The second kappa shape index (κ2) is 18.1. The van der Waals surface area contributed by atoms with Gasteiger partial charge in [-0.15, -0.1) is 0 Å².